The Morgan fingerprint density at radius 1 is 1.09 bits per heavy atom. The van der Waals surface area contributed by atoms with Crippen LogP contribution in [0.15, 0.2) is 76.8 Å². The lowest BCUT2D eigenvalue weighted by Crippen LogP contribution is -2.54. The largest absolute Gasteiger partial charge is 0.488 e. The van der Waals surface area contributed by atoms with Gasteiger partial charge < -0.3 is 4.74 Å². The zero-order chi connectivity index (χ0) is 25.1. The van der Waals surface area contributed by atoms with E-state index >= 15 is 0 Å². The highest BCUT2D eigenvalue weighted by Gasteiger charge is 2.34. The molecule has 1 fully saturated rings. The van der Waals surface area contributed by atoms with E-state index in [1.807, 2.05) is 0 Å². The fraction of sp³-hybridized carbons (Fsp3) is 0.0417. The van der Waals surface area contributed by atoms with E-state index in [9.17, 15) is 24.1 Å². The second kappa shape index (κ2) is 10.1. The molecular formula is C24H15BrFN3O5S. The van der Waals surface area contributed by atoms with Crippen molar-refractivity contribution in [2.45, 2.75) is 6.61 Å². The number of carbonyl (C=O) groups excluding carboxylic acids is 2. The molecule has 0 spiro atoms. The molecule has 0 saturated carbocycles. The van der Waals surface area contributed by atoms with Gasteiger partial charge in [0.1, 0.15) is 23.7 Å². The molecule has 11 heteroatoms. The predicted octanol–water partition coefficient (Wildman–Crippen LogP) is 4.91. The van der Waals surface area contributed by atoms with Crippen LogP contribution in [0.3, 0.4) is 0 Å². The van der Waals surface area contributed by atoms with E-state index in [0.29, 0.717) is 27.0 Å². The average Bonchev–Trinajstić information content (AvgIpc) is 2.82. The Kier molecular flexibility index (Phi) is 6.99. The highest BCUT2D eigenvalue weighted by atomic mass is 79.9. The number of nitro groups is 1. The van der Waals surface area contributed by atoms with Crippen LogP contribution in [0.25, 0.3) is 6.08 Å². The molecule has 8 nitrogen and oxygen atoms in total. The van der Waals surface area contributed by atoms with Crippen molar-refractivity contribution >= 4 is 62.5 Å². The minimum absolute atomic E-state index is 0.0340. The van der Waals surface area contributed by atoms with Crippen molar-refractivity contribution in [1.29, 1.82) is 0 Å². The zero-order valence-electron chi connectivity index (χ0n) is 17.7. The molecule has 0 aromatic heterocycles. The number of hydrogen-bond donors (Lipinski definition) is 1. The molecule has 0 radical (unpaired) electrons. The van der Waals surface area contributed by atoms with Gasteiger partial charge in [0.2, 0.25) is 0 Å². The molecule has 3 aromatic rings. The molecule has 0 bridgehead atoms. The number of nitro benzene ring substituents is 1. The number of non-ortho nitro benzene ring substituents is 1. The van der Waals surface area contributed by atoms with Crippen LogP contribution in [0.1, 0.15) is 11.1 Å². The summed E-state index contributed by atoms with van der Waals surface area (Å²) in [4.78, 5) is 37.3. The van der Waals surface area contributed by atoms with Gasteiger partial charge in [0.05, 0.1) is 10.6 Å². The van der Waals surface area contributed by atoms with Crippen molar-refractivity contribution in [1.82, 2.24) is 5.32 Å². The van der Waals surface area contributed by atoms with Crippen molar-refractivity contribution < 1.29 is 23.6 Å². The molecular weight excluding hydrogens is 541 g/mol. The van der Waals surface area contributed by atoms with Crippen LogP contribution in [-0.4, -0.2) is 21.9 Å². The molecule has 0 aliphatic carbocycles. The number of anilines is 1. The Bertz CT molecular complexity index is 1380. The molecule has 1 heterocycles. The van der Waals surface area contributed by atoms with Crippen molar-refractivity contribution in [2.75, 3.05) is 4.90 Å². The van der Waals surface area contributed by atoms with Crippen molar-refractivity contribution in [3.05, 3.63) is 104 Å². The number of ether oxygens (including phenoxy) is 1. The summed E-state index contributed by atoms with van der Waals surface area (Å²) >= 11 is 8.53. The number of carbonyl (C=O) groups is 2. The standard InChI is InChI=1S/C24H15BrFN3O5S/c25-16-3-10-21(34-13-14-1-6-19(7-2-14)29(32)33)15(11-16)12-20-22(30)27-24(35)28(23(20)31)18-8-4-17(26)5-9-18/h1-12H,13H2,(H,27,30,35)/b20-12-. The predicted molar refractivity (Wildman–Crippen MR) is 134 cm³/mol. The zero-order valence-corrected chi connectivity index (χ0v) is 20.1. The maximum atomic E-state index is 13.3. The molecule has 0 atom stereocenters. The fourth-order valence-electron chi connectivity index (χ4n) is 3.28. The van der Waals surface area contributed by atoms with E-state index in [2.05, 4.69) is 21.2 Å². The normalized spacial score (nSPS) is 14.7. The van der Waals surface area contributed by atoms with E-state index in [1.165, 1.54) is 42.5 Å². The van der Waals surface area contributed by atoms with E-state index in [1.54, 1.807) is 30.3 Å². The topological polar surface area (TPSA) is 102 Å². The molecule has 4 rings (SSSR count). The van der Waals surface area contributed by atoms with Gasteiger partial charge >= 0.3 is 0 Å². The molecule has 1 aliphatic rings. The molecule has 2 amide bonds. The third-order valence-corrected chi connectivity index (χ3v) is 5.78. The first-order valence-corrected chi connectivity index (χ1v) is 11.3. The van der Waals surface area contributed by atoms with E-state index in [4.69, 9.17) is 17.0 Å². The highest BCUT2D eigenvalue weighted by molar-refractivity contribution is 9.10. The minimum atomic E-state index is -0.681. The van der Waals surface area contributed by atoms with Gasteiger partial charge in [-0.05, 0) is 78.5 Å². The average molecular weight is 556 g/mol. The smallest absolute Gasteiger partial charge is 0.270 e. The van der Waals surface area contributed by atoms with Crippen LogP contribution in [0.2, 0.25) is 0 Å². The summed E-state index contributed by atoms with van der Waals surface area (Å²) < 4.78 is 19.9. The molecule has 1 N–H and O–H groups in total. The summed E-state index contributed by atoms with van der Waals surface area (Å²) in [5.74, 6) is -1.46. The maximum absolute atomic E-state index is 13.3. The van der Waals surface area contributed by atoms with Crippen LogP contribution in [-0.2, 0) is 16.2 Å². The van der Waals surface area contributed by atoms with Crippen LogP contribution >= 0.6 is 28.1 Å². The van der Waals surface area contributed by atoms with Crippen molar-refractivity contribution in [3.63, 3.8) is 0 Å². The number of halogens is 2. The third-order valence-electron chi connectivity index (χ3n) is 5.00. The monoisotopic (exact) mass is 555 g/mol. The van der Waals surface area contributed by atoms with Gasteiger partial charge in [-0.2, -0.15) is 0 Å². The summed E-state index contributed by atoms with van der Waals surface area (Å²) in [5.41, 5.74) is 1.20. The summed E-state index contributed by atoms with van der Waals surface area (Å²) in [6.07, 6.45) is 1.38. The summed E-state index contributed by atoms with van der Waals surface area (Å²) in [6.45, 7) is 0.0989. The fourth-order valence-corrected chi connectivity index (χ4v) is 3.94. The Morgan fingerprint density at radius 3 is 2.43 bits per heavy atom. The first-order valence-electron chi connectivity index (χ1n) is 10.1. The molecule has 3 aromatic carbocycles. The molecule has 1 aliphatic heterocycles. The Morgan fingerprint density at radius 2 is 1.77 bits per heavy atom. The summed E-state index contributed by atoms with van der Waals surface area (Å²) in [6, 6.07) is 16.1. The maximum Gasteiger partial charge on any atom is 0.270 e. The Balaban J connectivity index is 1.63. The quantitative estimate of drug-likeness (QED) is 0.152. The number of rotatable bonds is 6. The van der Waals surface area contributed by atoms with Crippen LogP contribution in [0.5, 0.6) is 5.75 Å². The lowest BCUT2D eigenvalue weighted by atomic mass is 10.1. The molecule has 1 saturated heterocycles. The van der Waals surface area contributed by atoms with E-state index in [0.717, 1.165) is 4.90 Å². The van der Waals surface area contributed by atoms with Gasteiger partial charge in [0.25, 0.3) is 17.5 Å². The first-order chi connectivity index (χ1) is 16.7. The van der Waals surface area contributed by atoms with Gasteiger partial charge in [-0.15, -0.1) is 0 Å². The summed E-state index contributed by atoms with van der Waals surface area (Å²) in [7, 11) is 0. The third kappa shape index (κ3) is 5.42. The van der Waals surface area contributed by atoms with E-state index < -0.39 is 22.6 Å². The summed E-state index contributed by atoms with van der Waals surface area (Å²) in [5, 5.41) is 13.2. The Labute approximate surface area is 212 Å². The number of benzene rings is 3. The molecule has 176 valence electrons. The van der Waals surface area contributed by atoms with E-state index in [-0.39, 0.29) is 23.0 Å². The Hall–Kier alpha value is -3.96. The molecule has 0 unspecified atom stereocenters. The van der Waals surface area contributed by atoms with Gasteiger partial charge in [0, 0.05) is 22.2 Å². The van der Waals surface area contributed by atoms with Crippen LogP contribution in [0, 0.1) is 15.9 Å². The van der Waals surface area contributed by atoms with Crippen molar-refractivity contribution in [2.24, 2.45) is 0 Å². The van der Waals surface area contributed by atoms with Gasteiger partial charge in [-0.25, -0.2) is 4.39 Å². The number of hydrogen-bond acceptors (Lipinski definition) is 6. The lowest BCUT2D eigenvalue weighted by Gasteiger charge is -2.29. The van der Waals surface area contributed by atoms with Crippen molar-refractivity contribution in [3.8, 4) is 5.75 Å². The first kappa shape index (κ1) is 24.2. The lowest BCUT2D eigenvalue weighted by molar-refractivity contribution is -0.384. The second-order valence-corrected chi connectivity index (χ2v) is 8.63. The number of thiocarbonyl (C=S) groups is 1. The van der Waals surface area contributed by atoms with Gasteiger partial charge in [-0.3, -0.25) is 29.9 Å². The van der Waals surface area contributed by atoms with Crippen LogP contribution < -0.4 is 15.0 Å². The number of nitrogens with one attached hydrogen (secondary N) is 1. The highest BCUT2D eigenvalue weighted by Crippen LogP contribution is 2.29. The van der Waals surface area contributed by atoms with Gasteiger partial charge in [0.15, 0.2) is 5.11 Å². The second-order valence-electron chi connectivity index (χ2n) is 7.33. The number of nitrogens with zero attached hydrogens (tertiary/aromatic N) is 2. The van der Waals surface area contributed by atoms with Gasteiger partial charge in [-0.1, -0.05) is 15.9 Å². The van der Waals surface area contributed by atoms with Crippen LogP contribution in [0.4, 0.5) is 15.8 Å². The minimum Gasteiger partial charge on any atom is -0.488 e. The SMILES string of the molecule is O=C1NC(=S)N(c2ccc(F)cc2)C(=O)/C1=C\c1cc(Br)ccc1OCc1ccc([N+](=O)[O-])cc1. The number of amides is 2. The molecule has 35 heavy (non-hydrogen) atoms.